The van der Waals surface area contributed by atoms with Crippen molar-refractivity contribution in [3.8, 4) is 23.8 Å². The highest BCUT2D eigenvalue weighted by molar-refractivity contribution is 7.21. The first kappa shape index (κ1) is 18.3. The number of ether oxygens (including phenoxy) is 2. The lowest BCUT2D eigenvalue weighted by molar-refractivity contribution is 0.100. The molecule has 1 aliphatic heterocycles. The highest BCUT2D eigenvalue weighted by Gasteiger charge is 2.19. The van der Waals surface area contributed by atoms with Crippen LogP contribution < -0.4 is 14.3 Å². The van der Waals surface area contributed by atoms with Gasteiger partial charge in [-0.05, 0) is 6.07 Å². The summed E-state index contributed by atoms with van der Waals surface area (Å²) in [6, 6.07) is 11.4. The molecule has 5 rings (SSSR count). The van der Waals surface area contributed by atoms with Gasteiger partial charge in [0.15, 0.2) is 16.3 Å². The smallest absolute Gasteiger partial charge is 0.291 e. The summed E-state index contributed by atoms with van der Waals surface area (Å²) in [6.07, 6.45) is 5.57. The van der Waals surface area contributed by atoms with Crippen LogP contribution in [0.25, 0.3) is 20.3 Å². The van der Waals surface area contributed by atoms with Gasteiger partial charge in [-0.1, -0.05) is 47.1 Å². The Balaban J connectivity index is 1.67. The summed E-state index contributed by atoms with van der Waals surface area (Å²) in [5, 5.41) is 1.29. The molecule has 0 saturated carbocycles. The van der Waals surface area contributed by atoms with Crippen LogP contribution in [0.2, 0.25) is 5.02 Å². The molecule has 0 unspecified atom stereocenters. The first-order chi connectivity index (χ1) is 14.2. The molecule has 0 saturated heterocycles. The lowest BCUT2D eigenvalue weighted by Crippen LogP contribution is -2.17. The molecule has 5 nitrogen and oxygen atoms in total. The van der Waals surface area contributed by atoms with E-state index in [2.05, 4.69) is 10.9 Å². The second-order valence-corrected chi connectivity index (χ2v) is 8.74. The molecule has 0 bridgehead atoms. The number of thiazole rings is 1. The molecule has 29 heavy (non-hydrogen) atoms. The second-order valence-electron chi connectivity index (χ2n) is 6.30. The Kier molecular flexibility index (Phi) is 4.55. The van der Waals surface area contributed by atoms with Crippen LogP contribution in [0.15, 0.2) is 41.4 Å². The molecular formula is C21H13ClN2O3S2. The number of amides is 1. The molecule has 0 aliphatic carbocycles. The van der Waals surface area contributed by atoms with Crippen molar-refractivity contribution in [2.24, 2.45) is 4.99 Å². The normalized spacial score (nSPS) is 13.7. The van der Waals surface area contributed by atoms with Crippen LogP contribution in [0.3, 0.4) is 0 Å². The van der Waals surface area contributed by atoms with Gasteiger partial charge in [0.1, 0.15) is 18.1 Å². The number of thiophene rings is 1. The molecule has 2 aromatic carbocycles. The quantitative estimate of drug-likeness (QED) is 0.424. The summed E-state index contributed by atoms with van der Waals surface area (Å²) >= 11 is 9.16. The number of aromatic nitrogens is 1. The summed E-state index contributed by atoms with van der Waals surface area (Å²) < 4.78 is 15.0. The third-order valence-electron chi connectivity index (χ3n) is 4.52. The van der Waals surface area contributed by atoms with Crippen LogP contribution in [-0.2, 0) is 6.54 Å². The Morgan fingerprint density at radius 3 is 2.69 bits per heavy atom. The number of hydrogen-bond donors (Lipinski definition) is 0. The maximum atomic E-state index is 12.9. The first-order valence-corrected chi connectivity index (χ1v) is 10.8. The van der Waals surface area contributed by atoms with Crippen LogP contribution >= 0.6 is 34.3 Å². The third-order valence-corrected chi connectivity index (χ3v) is 7.23. The van der Waals surface area contributed by atoms with E-state index in [1.165, 1.54) is 22.7 Å². The molecule has 0 N–H and O–H groups in total. The summed E-state index contributed by atoms with van der Waals surface area (Å²) in [7, 11) is 0. The zero-order valence-corrected chi connectivity index (χ0v) is 17.4. The van der Waals surface area contributed by atoms with E-state index in [4.69, 9.17) is 27.5 Å². The molecular weight excluding hydrogens is 428 g/mol. The Morgan fingerprint density at radius 2 is 1.93 bits per heavy atom. The molecule has 2 aromatic heterocycles. The van der Waals surface area contributed by atoms with Gasteiger partial charge in [0.2, 0.25) is 0 Å². The molecule has 144 valence electrons. The van der Waals surface area contributed by atoms with Gasteiger partial charge in [0, 0.05) is 22.2 Å². The summed E-state index contributed by atoms with van der Waals surface area (Å²) in [6.45, 7) is 1.29. The number of nitrogens with zero attached hydrogens (tertiary/aromatic N) is 2. The van der Waals surface area contributed by atoms with E-state index < -0.39 is 0 Å². The Hall–Kier alpha value is -2.79. The molecule has 1 amide bonds. The van der Waals surface area contributed by atoms with Gasteiger partial charge in [-0.25, -0.2) is 0 Å². The van der Waals surface area contributed by atoms with Crippen molar-refractivity contribution in [3.05, 3.63) is 51.1 Å². The number of rotatable bonds is 2. The molecule has 0 fully saturated rings. The van der Waals surface area contributed by atoms with Gasteiger partial charge < -0.3 is 14.0 Å². The molecule has 0 atom stereocenters. The average molecular weight is 441 g/mol. The van der Waals surface area contributed by atoms with Crippen LogP contribution in [-0.4, -0.2) is 23.7 Å². The predicted octanol–water partition coefficient (Wildman–Crippen LogP) is 4.72. The van der Waals surface area contributed by atoms with Crippen LogP contribution in [0.4, 0.5) is 0 Å². The maximum absolute atomic E-state index is 12.9. The van der Waals surface area contributed by atoms with Gasteiger partial charge >= 0.3 is 0 Å². The van der Waals surface area contributed by atoms with E-state index >= 15 is 0 Å². The van der Waals surface area contributed by atoms with E-state index in [0.29, 0.717) is 39.4 Å². The Labute approximate surface area is 178 Å². The predicted molar refractivity (Wildman–Crippen MR) is 116 cm³/mol. The number of fused-ring (bicyclic) bond motifs is 3. The van der Waals surface area contributed by atoms with Crippen molar-refractivity contribution >= 4 is 60.5 Å². The second kappa shape index (κ2) is 7.23. The molecule has 3 heterocycles. The minimum absolute atomic E-state index is 0.284. The van der Waals surface area contributed by atoms with Gasteiger partial charge in [-0.15, -0.1) is 17.8 Å². The number of hydrogen-bond acceptors (Lipinski definition) is 5. The number of carbonyl (C=O) groups excluding carboxylic acids is 1. The van der Waals surface area contributed by atoms with E-state index in [1.807, 2.05) is 41.0 Å². The SMILES string of the molecule is C#CCn1c(=NC(=O)c2sc3ccccc3c2Cl)sc2cc3c(cc21)OCCO3. The fraction of sp³-hybridized carbons (Fsp3) is 0.143. The third kappa shape index (κ3) is 3.10. The van der Waals surface area contributed by atoms with Gasteiger partial charge in [0.05, 0.1) is 21.8 Å². The topological polar surface area (TPSA) is 52.8 Å². The number of benzene rings is 2. The van der Waals surface area contributed by atoms with Crippen molar-refractivity contribution < 1.29 is 14.3 Å². The van der Waals surface area contributed by atoms with E-state index in [1.54, 1.807) is 0 Å². The standard InChI is InChI=1S/C21H13ClN2O3S2/c1-2-7-24-13-10-14-15(27-9-8-26-14)11-17(13)29-21(24)23-20(25)19-18(22)12-5-3-4-6-16(12)28-19/h1,3-6,10-11H,7-9H2. The lowest BCUT2D eigenvalue weighted by atomic mass is 10.2. The van der Waals surface area contributed by atoms with Gasteiger partial charge in [-0.3, -0.25) is 4.79 Å². The monoisotopic (exact) mass is 440 g/mol. The van der Waals surface area contributed by atoms with Crippen molar-refractivity contribution in [1.82, 2.24) is 4.57 Å². The highest BCUT2D eigenvalue weighted by atomic mass is 35.5. The molecule has 4 aromatic rings. The molecule has 8 heteroatoms. The summed E-state index contributed by atoms with van der Waals surface area (Å²) in [4.78, 5) is 18.2. The fourth-order valence-corrected chi connectivity index (χ4v) is 5.66. The molecule has 0 spiro atoms. The van der Waals surface area contributed by atoms with E-state index in [0.717, 1.165) is 20.3 Å². The fourth-order valence-electron chi connectivity index (χ4n) is 3.23. The largest absolute Gasteiger partial charge is 0.486 e. The number of carbonyl (C=O) groups is 1. The summed E-state index contributed by atoms with van der Waals surface area (Å²) in [5.41, 5.74) is 0.853. The van der Waals surface area contributed by atoms with E-state index in [9.17, 15) is 4.79 Å². The minimum Gasteiger partial charge on any atom is -0.486 e. The Bertz CT molecular complexity index is 1390. The zero-order valence-electron chi connectivity index (χ0n) is 15.0. The number of halogens is 1. The minimum atomic E-state index is -0.384. The van der Waals surface area contributed by atoms with Crippen LogP contribution in [0.5, 0.6) is 11.5 Å². The lowest BCUT2D eigenvalue weighted by Gasteiger charge is -2.18. The Morgan fingerprint density at radius 1 is 1.17 bits per heavy atom. The van der Waals surface area contributed by atoms with Crippen LogP contribution in [0.1, 0.15) is 9.67 Å². The van der Waals surface area contributed by atoms with E-state index in [-0.39, 0.29) is 12.5 Å². The first-order valence-electron chi connectivity index (χ1n) is 8.78. The van der Waals surface area contributed by atoms with Crippen molar-refractivity contribution in [1.29, 1.82) is 0 Å². The summed E-state index contributed by atoms with van der Waals surface area (Å²) in [5.74, 6) is 3.60. The van der Waals surface area contributed by atoms with Crippen molar-refractivity contribution in [3.63, 3.8) is 0 Å². The number of terminal acetylenes is 1. The van der Waals surface area contributed by atoms with Gasteiger partial charge in [-0.2, -0.15) is 4.99 Å². The van der Waals surface area contributed by atoms with Crippen molar-refractivity contribution in [2.75, 3.05) is 13.2 Å². The van der Waals surface area contributed by atoms with Crippen LogP contribution in [0, 0.1) is 12.3 Å². The zero-order chi connectivity index (χ0) is 20.0. The maximum Gasteiger partial charge on any atom is 0.291 e. The van der Waals surface area contributed by atoms with Crippen molar-refractivity contribution in [2.45, 2.75) is 6.54 Å². The molecule has 0 radical (unpaired) electrons. The highest BCUT2D eigenvalue weighted by Crippen LogP contribution is 2.37. The molecule has 1 aliphatic rings. The van der Waals surface area contributed by atoms with Gasteiger partial charge in [0.25, 0.3) is 5.91 Å². The average Bonchev–Trinajstić information content (AvgIpc) is 3.24.